The number of carbonyl (C=O) groups excluding carboxylic acids is 1. The predicted molar refractivity (Wildman–Crippen MR) is 66.7 cm³/mol. The fraction of sp³-hybridized carbons (Fsp3) is 0.923. The zero-order valence-corrected chi connectivity index (χ0v) is 10.5. The average molecular weight is 237 g/mol. The highest BCUT2D eigenvalue weighted by atomic mass is 16.2. The summed E-state index contributed by atoms with van der Waals surface area (Å²) in [6.45, 7) is 4.64. The summed E-state index contributed by atoms with van der Waals surface area (Å²) in [4.78, 5) is 14.3. The minimum Gasteiger partial charge on any atom is -0.352 e. The van der Waals surface area contributed by atoms with Gasteiger partial charge in [0.15, 0.2) is 0 Å². The number of piperazine rings is 1. The molecule has 2 N–H and O–H groups in total. The van der Waals surface area contributed by atoms with E-state index in [0.717, 1.165) is 38.0 Å². The van der Waals surface area contributed by atoms with Crippen LogP contribution in [0.1, 0.15) is 25.7 Å². The zero-order valence-electron chi connectivity index (χ0n) is 10.5. The average Bonchev–Trinajstić information content (AvgIpc) is 3.19. The molecule has 1 aliphatic heterocycles. The largest absolute Gasteiger partial charge is 0.352 e. The molecular formula is C13H23N3O. The van der Waals surface area contributed by atoms with Crippen molar-refractivity contribution in [1.29, 1.82) is 0 Å². The van der Waals surface area contributed by atoms with Crippen molar-refractivity contribution in [2.24, 2.45) is 11.8 Å². The number of nitrogens with zero attached hydrogens (tertiary/aromatic N) is 1. The molecule has 0 aromatic heterocycles. The van der Waals surface area contributed by atoms with E-state index in [1.165, 1.54) is 25.7 Å². The van der Waals surface area contributed by atoms with Gasteiger partial charge in [-0.2, -0.15) is 0 Å². The van der Waals surface area contributed by atoms with Crippen LogP contribution in [0.15, 0.2) is 0 Å². The Morgan fingerprint density at radius 3 is 2.29 bits per heavy atom. The first kappa shape index (κ1) is 11.5. The van der Waals surface area contributed by atoms with Crippen molar-refractivity contribution in [2.75, 3.05) is 32.7 Å². The van der Waals surface area contributed by atoms with Crippen LogP contribution in [0.2, 0.25) is 0 Å². The van der Waals surface area contributed by atoms with E-state index in [1.54, 1.807) is 0 Å². The number of hydrogen-bond acceptors (Lipinski definition) is 3. The molecule has 1 amide bonds. The van der Waals surface area contributed by atoms with Crippen molar-refractivity contribution >= 4 is 5.91 Å². The van der Waals surface area contributed by atoms with Crippen LogP contribution in [0.5, 0.6) is 0 Å². The lowest BCUT2D eigenvalue weighted by Crippen LogP contribution is -2.49. The van der Waals surface area contributed by atoms with Crippen LogP contribution >= 0.6 is 0 Å². The van der Waals surface area contributed by atoms with Gasteiger partial charge in [-0.3, -0.25) is 9.69 Å². The maximum Gasteiger partial charge on any atom is 0.234 e. The van der Waals surface area contributed by atoms with Crippen LogP contribution < -0.4 is 10.6 Å². The van der Waals surface area contributed by atoms with Gasteiger partial charge in [0.1, 0.15) is 0 Å². The third-order valence-corrected chi connectivity index (χ3v) is 4.16. The van der Waals surface area contributed by atoms with Gasteiger partial charge >= 0.3 is 0 Å². The minimum atomic E-state index is 0.246. The Morgan fingerprint density at radius 1 is 1.18 bits per heavy atom. The van der Waals surface area contributed by atoms with Crippen molar-refractivity contribution in [3.05, 3.63) is 0 Å². The molecule has 96 valence electrons. The second-order valence-corrected chi connectivity index (χ2v) is 5.79. The Kier molecular flexibility index (Phi) is 3.34. The summed E-state index contributed by atoms with van der Waals surface area (Å²) in [6, 6.07) is 0.505. The standard InChI is InChI=1S/C13H23N3O/c17-12(9-16-7-5-14-6-8-16)15-13(10-1-2-10)11-3-4-11/h10-11,13-14H,1-9H2,(H,15,17). The van der Waals surface area contributed by atoms with Gasteiger partial charge in [-0.05, 0) is 37.5 Å². The van der Waals surface area contributed by atoms with Gasteiger partial charge in [0.05, 0.1) is 6.54 Å². The fourth-order valence-electron chi connectivity index (χ4n) is 2.84. The monoisotopic (exact) mass is 237 g/mol. The highest BCUT2D eigenvalue weighted by molar-refractivity contribution is 5.78. The van der Waals surface area contributed by atoms with Gasteiger partial charge in [0, 0.05) is 32.2 Å². The van der Waals surface area contributed by atoms with Gasteiger partial charge in [0.2, 0.25) is 5.91 Å². The van der Waals surface area contributed by atoms with Crippen molar-refractivity contribution in [3.63, 3.8) is 0 Å². The van der Waals surface area contributed by atoms with Crippen molar-refractivity contribution in [3.8, 4) is 0 Å². The van der Waals surface area contributed by atoms with E-state index in [1.807, 2.05) is 0 Å². The maximum atomic E-state index is 12.0. The lowest BCUT2D eigenvalue weighted by Gasteiger charge is -2.27. The van der Waals surface area contributed by atoms with Crippen LogP contribution in [-0.2, 0) is 4.79 Å². The topological polar surface area (TPSA) is 44.4 Å². The zero-order chi connectivity index (χ0) is 11.7. The normalized spacial score (nSPS) is 26.2. The molecule has 17 heavy (non-hydrogen) atoms. The summed E-state index contributed by atoms with van der Waals surface area (Å²) in [5.41, 5.74) is 0. The predicted octanol–water partition coefficient (Wildman–Crippen LogP) is 0.196. The van der Waals surface area contributed by atoms with E-state index in [2.05, 4.69) is 15.5 Å². The van der Waals surface area contributed by atoms with E-state index in [9.17, 15) is 4.79 Å². The lowest BCUT2D eigenvalue weighted by atomic mass is 10.1. The summed E-state index contributed by atoms with van der Waals surface area (Å²) in [6.07, 6.45) is 5.31. The molecule has 3 rings (SSSR count). The molecule has 4 heteroatoms. The first-order valence-electron chi connectivity index (χ1n) is 7.05. The number of carbonyl (C=O) groups is 1. The quantitative estimate of drug-likeness (QED) is 0.718. The van der Waals surface area contributed by atoms with Crippen LogP contribution in [-0.4, -0.2) is 49.6 Å². The Balaban J connectivity index is 1.44. The van der Waals surface area contributed by atoms with E-state index in [0.29, 0.717) is 12.6 Å². The summed E-state index contributed by atoms with van der Waals surface area (Å²) in [7, 11) is 0. The van der Waals surface area contributed by atoms with Gasteiger partial charge in [-0.25, -0.2) is 0 Å². The molecule has 0 aromatic carbocycles. The van der Waals surface area contributed by atoms with Crippen molar-refractivity contribution in [2.45, 2.75) is 31.7 Å². The summed E-state index contributed by atoms with van der Waals surface area (Å²) < 4.78 is 0. The molecule has 4 nitrogen and oxygen atoms in total. The third kappa shape index (κ3) is 3.19. The molecule has 2 aliphatic carbocycles. The number of nitrogens with one attached hydrogen (secondary N) is 2. The van der Waals surface area contributed by atoms with Gasteiger partial charge in [-0.15, -0.1) is 0 Å². The molecule has 0 atom stereocenters. The first-order valence-corrected chi connectivity index (χ1v) is 7.05. The minimum absolute atomic E-state index is 0.246. The maximum absolute atomic E-state index is 12.0. The van der Waals surface area contributed by atoms with Crippen molar-refractivity contribution in [1.82, 2.24) is 15.5 Å². The number of rotatable bonds is 5. The Morgan fingerprint density at radius 2 is 1.76 bits per heavy atom. The highest BCUT2D eigenvalue weighted by Crippen LogP contribution is 2.44. The molecule has 2 saturated carbocycles. The molecule has 1 heterocycles. The lowest BCUT2D eigenvalue weighted by molar-refractivity contribution is -0.123. The van der Waals surface area contributed by atoms with E-state index < -0.39 is 0 Å². The van der Waals surface area contributed by atoms with Crippen molar-refractivity contribution < 1.29 is 4.79 Å². The molecule has 3 aliphatic rings. The first-order chi connectivity index (χ1) is 8.33. The molecule has 0 unspecified atom stereocenters. The smallest absolute Gasteiger partial charge is 0.234 e. The highest BCUT2D eigenvalue weighted by Gasteiger charge is 2.42. The molecule has 3 fully saturated rings. The van der Waals surface area contributed by atoms with Gasteiger partial charge in [0.25, 0.3) is 0 Å². The van der Waals surface area contributed by atoms with Crippen LogP contribution in [0.25, 0.3) is 0 Å². The molecule has 1 saturated heterocycles. The van der Waals surface area contributed by atoms with Gasteiger partial charge < -0.3 is 10.6 Å². The van der Waals surface area contributed by atoms with E-state index in [-0.39, 0.29) is 5.91 Å². The molecule has 0 aromatic rings. The van der Waals surface area contributed by atoms with Crippen LogP contribution in [0.4, 0.5) is 0 Å². The second kappa shape index (κ2) is 4.94. The summed E-state index contributed by atoms with van der Waals surface area (Å²) in [5, 5.41) is 6.60. The number of hydrogen-bond donors (Lipinski definition) is 2. The molecule has 0 radical (unpaired) electrons. The van der Waals surface area contributed by atoms with Crippen LogP contribution in [0, 0.1) is 11.8 Å². The third-order valence-electron chi connectivity index (χ3n) is 4.16. The second-order valence-electron chi connectivity index (χ2n) is 5.79. The van der Waals surface area contributed by atoms with E-state index in [4.69, 9.17) is 0 Å². The Labute approximate surface area is 103 Å². The SMILES string of the molecule is O=C(CN1CCNCC1)NC(C1CC1)C1CC1. The molecule has 0 bridgehead atoms. The van der Waals surface area contributed by atoms with Gasteiger partial charge in [-0.1, -0.05) is 0 Å². The summed E-state index contributed by atoms with van der Waals surface area (Å²) >= 11 is 0. The van der Waals surface area contributed by atoms with E-state index >= 15 is 0 Å². The number of amides is 1. The Hall–Kier alpha value is -0.610. The summed E-state index contributed by atoms with van der Waals surface area (Å²) in [5.74, 6) is 1.85. The Bertz CT molecular complexity index is 268. The molecular weight excluding hydrogens is 214 g/mol. The molecule has 0 spiro atoms. The fourth-order valence-corrected chi connectivity index (χ4v) is 2.84. The van der Waals surface area contributed by atoms with Crippen LogP contribution in [0.3, 0.4) is 0 Å².